The average Bonchev–Trinajstić information content (AvgIpc) is 3.23. The number of carbonyl (C=O) groups excluding carboxylic acids is 2. The Morgan fingerprint density at radius 1 is 1.35 bits per heavy atom. The number of rotatable bonds is 4. The fourth-order valence-electron chi connectivity index (χ4n) is 2.92. The molecule has 9 heteroatoms. The van der Waals surface area contributed by atoms with Gasteiger partial charge in [-0.3, -0.25) is 24.0 Å². The highest BCUT2D eigenvalue weighted by Crippen LogP contribution is 2.33. The van der Waals surface area contributed by atoms with Gasteiger partial charge in [0, 0.05) is 23.4 Å². The Hall–Kier alpha value is -2.94. The number of thioether (sulfide) groups is 1. The van der Waals surface area contributed by atoms with Crippen LogP contribution in [-0.4, -0.2) is 37.2 Å². The van der Waals surface area contributed by atoms with E-state index in [0.29, 0.717) is 33.2 Å². The highest BCUT2D eigenvalue weighted by atomic mass is 32.2. The first kappa shape index (κ1) is 16.5. The number of ketones is 1. The lowest BCUT2D eigenvalue weighted by atomic mass is 10.1. The molecule has 2 N–H and O–H groups in total. The van der Waals surface area contributed by atoms with Crippen LogP contribution < -0.4 is 10.9 Å². The lowest BCUT2D eigenvalue weighted by Crippen LogP contribution is -2.27. The summed E-state index contributed by atoms with van der Waals surface area (Å²) in [5.41, 5.74) is 1.48. The van der Waals surface area contributed by atoms with Gasteiger partial charge in [-0.15, -0.1) is 0 Å². The Kier molecular flexibility index (Phi) is 4.08. The molecule has 4 rings (SSSR count). The number of hydrogen-bond acceptors (Lipinski definition) is 6. The third-order valence-corrected chi connectivity index (χ3v) is 5.35. The van der Waals surface area contributed by atoms with Gasteiger partial charge in [0.2, 0.25) is 5.91 Å². The van der Waals surface area contributed by atoms with E-state index in [0.717, 1.165) is 0 Å². The fraction of sp³-hybridized carbons (Fsp3) is 0.235. The summed E-state index contributed by atoms with van der Waals surface area (Å²) in [4.78, 5) is 40.7. The largest absolute Gasteiger partial charge is 0.326 e. The van der Waals surface area contributed by atoms with Crippen LogP contribution in [0.5, 0.6) is 0 Å². The highest BCUT2D eigenvalue weighted by molar-refractivity contribution is 7.99. The molecule has 3 heterocycles. The predicted octanol–water partition coefficient (Wildman–Crippen LogP) is 2.00. The van der Waals surface area contributed by atoms with Gasteiger partial charge < -0.3 is 5.32 Å². The van der Waals surface area contributed by atoms with Crippen LogP contribution in [0.15, 0.2) is 40.4 Å². The van der Waals surface area contributed by atoms with E-state index in [4.69, 9.17) is 0 Å². The molecule has 8 nitrogen and oxygen atoms in total. The molecule has 1 aliphatic heterocycles. The van der Waals surface area contributed by atoms with Crippen molar-refractivity contribution < 1.29 is 9.59 Å². The van der Waals surface area contributed by atoms with Crippen molar-refractivity contribution in [1.82, 2.24) is 19.7 Å². The van der Waals surface area contributed by atoms with E-state index in [2.05, 4.69) is 20.5 Å². The molecule has 0 spiro atoms. The van der Waals surface area contributed by atoms with Gasteiger partial charge in [-0.25, -0.2) is 4.98 Å². The van der Waals surface area contributed by atoms with Crippen LogP contribution in [0.25, 0.3) is 11.0 Å². The summed E-state index contributed by atoms with van der Waals surface area (Å²) in [5.74, 6) is 0.386. The number of Topliss-reactive ketones (excluding diaryl/α,β-unsaturated/α-hetero) is 1. The Labute approximate surface area is 152 Å². The van der Waals surface area contributed by atoms with E-state index in [9.17, 15) is 14.4 Å². The molecule has 26 heavy (non-hydrogen) atoms. The number of benzene rings is 1. The maximum absolute atomic E-state index is 12.6. The number of aromatic nitrogens is 4. The van der Waals surface area contributed by atoms with Crippen molar-refractivity contribution >= 4 is 40.2 Å². The van der Waals surface area contributed by atoms with Gasteiger partial charge >= 0.3 is 0 Å². The zero-order valence-corrected chi connectivity index (χ0v) is 14.7. The van der Waals surface area contributed by atoms with Crippen molar-refractivity contribution in [2.75, 3.05) is 11.1 Å². The Bertz CT molecular complexity index is 1070. The molecule has 1 unspecified atom stereocenters. The molecule has 1 aliphatic rings. The number of amides is 1. The Morgan fingerprint density at radius 3 is 2.85 bits per heavy atom. The first-order valence-electron chi connectivity index (χ1n) is 8.02. The van der Waals surface area contributed by atoms with Crippen LogP contribution in [0, 0.1) is 0 Å². The number of nitrogens with zero attached hydrogens (tertiary/aromatic N) is 3. The molecule has 132 valence electrons. The van der Waals surface area contributed by atoms with Crippen LogP contribution in [0.3, 0.4) is 0 Å². The lowest BCUT2D eigenvalue weighted by Gasteiger charge is -2.13. The molecular formula is C17H15N5O3S. The van der Waals surface area contributed by atoms with Crippen LogP contribution in [0.1, 0.15) is 29.7 Å². The van der Waals surface area contributed by atoms with Crippen molar-refractivity contribution in [3.63, 3.8) is 0 Å². The molecule has 3 aromatic rings. The van der Waals surface area contributed by atoms with Crippen LogP contribution in [0.2, 0.25) is 0 Å². The van der Waals surface area contributed by atoms with Gasteiger partial charge in [-0.2, -0.15) is 5.10 Å². The van der Waals surface area contributed by atoms with Gasteiger partial charge in [0.1, 0.15) is 5.39 Å². The van der Waals surface area contributed by atoms with E-state index in [-0.39, 0.29) is 29.7 Å². The van der Waals surface area contributed by atoms with Crippen molar-refractivity contribution in [2.24, 2.45) is 0 Å². The van der Waals surface area contributed by atoms with Gasteiger partial charge in [-0.1, -0.05) is 11.8 Å². The molecular weight excluding hydrogens is 354 g/mol. The summed E-state index contributed by atoms with van der Waals surface area (Å²) in [6.45, 7) is 1.49. The average molecular weight is 369 g/mol. The van der Waals surface area contributed by atoms with Crippen LogP contribution in [0.4, 0.5) is 5.69 Å². The summed E-state index contributed by atoms with van der Waals surface area (Å²) >= 11 is 1.45. The minimum Gasteiger partial charge on any atom is -0.326 e. The van der Waals surface area contributed by atoms with E-state index in [1.165, 1.54) is 24.9 Å². The molecule has 1 amide bonds. The van der Waals surface area contributed by atoms with E-state index < -0.39 is 0 Å². The zero-order chi connectivity index (χ0) is 18.3. The van der Waals surface area contributed by atoms with Crippen molar-refractivity contribution in [1.29, 1.82) is 0 Å². The molecule has 0 bridgehead atoms. The molecule has 0 saturated carbocycles. The van der Waals surface area contributed by atoms with Crippen LogP contribution in [-0.2, 0) is 4.79 Å². The number of fused-ring (bicyclic) bond motifs is 2. The number of hydrogen-bond donors (Lipinski definition) is 2. The number of H-pyrrole nitrogens is 1. The second kappa shape index (κ2) is 6.41. The van der Waals surface area contributed by atoms with Crippen molar-refractivity contribution in [3.05, 3.63) is 46.4 Å². The molecule has 1 atom stereocenters. The lowest BCUT2D eigenvalue weighted by molar-refractivity contribution is -0.116. The third-order valence-electron chi connectivity index (χ3n) is 4.25. The quantitative estimate of drug-likeness (QED) is 0.538. The maximum atomic E-state index is 12.6. The molecule has 0 saturated heterocycles. The summed E-state index contributed by atoms with van der Waals surface area (Å²) in [5, 5.41) is 10.4. The number of nitrogens with one attached hydrogen (secondary N) is 2. The predicted molar refractivity (Wildman–Crippen MR) is 97.6 cm³/mol. The second-order valence-corrected chi connectivity index (χ2v) is 7.04. The maximum Gasteiger partial charge on any atom is 0.265 e. The molecule has 1 aromatic carbocycles. The number of anilines is 1. The number of aromatic amines is 1. The SMILES string of the molecule is CC(=O)c1ccc(NC(=O)CC2CSc3nc4[nH]ncc4c(=O)n32)cc1. The third kappa shape index (κ3) is 2.90. The first-order valence-corrected chi connectivity index (χ1v) is 9.01. The fourth-order valence-corrected chi connectivity index (χ4v) is 4.06. The van der Waals surface area contributed by atoms with Crippen molar-refractivity contribution in [3.8, 4) is 0 Å². The monoisotopic (exact) mass is 369 g/mol. The Morgan fingerprint density at radius 2 is 2.12 bits per heavy atom. The van der Waals surface area contributed by atoms with Gasteiger partial charge in [0.05, 0.1) is 12.2 Å². The summed E-state index contributed by atoms with van der Waals surface area (Å²) in [6.07, 6.45) is 1.62. The smallest absolute Gasteiger partial charge is 0.265 e. The van der Waals surface area contributed by atoms with E-state index in [1.807, 2.05) is 0 Å². The van der Waals surface area contributed by atoms with Crippen molar-refractivity contribution in [2.45, 2.75) is 24.5 Å². The molecule has 0 fully saturated rings. The van der Waals surface area contributed by atoms with E-state index >= 15 is 0 Å². The van der Waals surface area contributed by atoms with E-state index in [1.54, 1.807) is 28.8 Å². The number of carbonyl (C=O) groups is 2. The molecule has 2 aromatic heterocycles. The minimum atomic E-state index is -0.259. The Balaban J connectivity index is 1.51. The van der Waals surface area contributed by atoms with Gasteiger partial charge in [0.25, 0.3) is 5.56 Å². The summed E-state index contributed by atoms with van der Waals surface area (Å²) in [6, 6.07) is 6.46. The highest BCUT2D eigenvalue weighted by Gasteiger charge is 2.28. The normalized spacial score (nSPS) is 15.8. The molecule has 0 aliphatic carbocycles. The standard InChI is InChI=1S/C17H15N5O3S/c1-9(23)10-2-4-11(5-3-10)19-14(24)6-12-8-26-17-20-15-13(7-18-21-15)16(25)22(12)17/h2-5,7,12H,6,8H2,1H3,(H,18,21)(H,19,24). The first-order chi connectivity index (χ1) is 12.5. The summed E-state index contributed by atoms with van der Waals surface area (Å²) in [7, 11) is 0. The second-order valence-electron chi connectivity index (χ2n) is 6.05. The zero-order valence-electron chi connectivity index (χ0n) is 13.9. The summed E-state index contributed by atoms with van der Waals surface area (Å²) < 4.78 is 1.57. The minimum absolute atomic E-state index is 0.0279. The topological polar surface area (TPSA) is 110 Å². The van der Waals surface area contributed by atoms with Gasteiger partial charge in [-0.05, 0) is 31.2 Å². The van der Waals surface area contributed by atoms with Gasteiger partial charge in [0.15, 0.2) is 16.6 Å². The van der Waals surface area contributed by atoms with Crippen LogP contribution >= 0.6 is 11.8 Å². The molecule has 0 radical (unpaired) electrons.